The summed E-state index contributed by atoms with van der Waals surface area (Å²) in [6.07, 6.45) is 0.690. The third-order valence-electron chi connectivity index (χ3n) is 1.08. The number of nitrogens with two attached hydrogens (primary N) is 1. The maximum atomic E-state index is 10.3. The van der Waals surface area contributed by atoms with Gasteiger partial charge in [0.1, 0.15) is 6.04 Å². The third-order valence-corrected chi connectivity index (χ3v) is 1.08. The van der Waals surface area contributed by atoms with Crippen LogP contribution in [0.2, 0.25) is 0 Å². The smallest absolute Gasteiger partial charge is 0.236 e. The monoisotopic (exact) mass is 152 g/mol. The normalized spacial score (nSPS) is 25.1. The minimum absolute atomic E-state index is 0. The first-order chi connectivity index (χ1) is 3.80. The Morgan fingerprint density at radius 3 is 2.67 bits per heavy atom. The summed E-state index contributed by atoms with van der Waals surface area (Å²) in [5.74, 6) is -0.345. The van der Waals surface area contributed by atoms with E-state index < -0.39 is 0 Å². The molecule has 0 spiro atoms. The molecule has 1 aliphatic heterocycles. The summed E-state index contributed by atoms with van der Waals surface area (Å²) in [4.78, 5) is 14.9. The largest absolute Gasteiger partial charge is 0.368 e. The van der Waals surface area contributed by atoms with Crippen LogP contribution in [0.1, 0.15) is 6.42 Å². The predicted molar refractivity (Wildman–Crippen MR) is 33.9 cm³/mol. The van der Waals surface area contributed by atoms with E-state index in [2.05, 4.69) is 10.3 Å². The number of primary amides is 1. The Hall–Kier alpha value is -0.320. The highest BCUT2D eigenvalue weighted by molar-refractivity contribution is 5.85. The summed E-state index contributed by atoms with van der Waals surface area (Å²) in [5, 5.41) is 0. The molecule has 0 bridgehead atoms. The van der Waals surface area contributed by atoms with E-state index in [1.165, 1.54) is 0 Å². The molecule has 9 heavy (non-hydrogen) atoms. The zero-order valence-corrected chi connectivity index (χ0v) is 5.61. The van der Waals surface area contributed by atoms with Crippen LogP contribution in [-0.4, -0.2) is 18.6 Å². The Bertz CT molecular complexity index is 103. The molecule has 1 fully saturated rings. The van der Waals surface area contributed by atoms with Gasteiger partial charge in [0.05, 0.1) is 6.61 Å². The topological polar surface area (TPSA) is 64.4 Å². The summed E-state index contributed by atoms with van der Waals surface area (Å²) in [6, 6.07) is -0.269. The molecular formula is C4H9ClN2O2. The number of halogens is 1. The fraction of sp³-hybridized carbons (Fsp3) is 0.750. The molecule has 0 aliphatic carbocycles. The molecule has 1 rings (SSSR count). The van der Waals surface area contributed by atoms with Crippen molar-refractivity contribution >= 4 is 18.3 Å². The first-order valence-electron chi connectivity index (χ1n) is 2.47. The van der Waals surface area contributed by atoms with Gasteiger partial charge >= 0.3 is 0 Å². The highest BCUT2D eigenvalue weighted by Crippen LogP contribution is 1.98. The van der Waals surface area contributed by atoms with E-state index in [9.17, 15) is 4.79 Å². The fourth-order valence-electron chi connectivity index (χ4n) is 0.596. The first kappa shape index (κ1) is 8.68. The van der Waals surface area contributed by atoms with Crippen molar-refractivity contribution in [1.29, 1.82) is 0 Å². The Labute approximate surface area is 59.1 Å². The van der Waals surface area contributed by atoms with Gasteiger partial charge in [-0.2, -0.15) is 5.48 Å². The Morgan fingerprint density at radius 2 is 2.44 bits per heavy atom. The van der Waals surface area contributed by atoms with Crippen molar-refractivity contribution in [1.82, 2.24) is 5.48 Å². The second-order valence-corrected chi connectivity index (χ2v) is 1.71. The molecule has 0 saturated carbocycles. The molecule has 1 atom stereocenters. The number of nitrogens with one attached hydrogen (secondary N) is 1. The Balaban J connectivity index is 0.000000640. The molecule has 1 amide bonds. The van der Waals surface area contributed by atoms with E-state index in [0.717, 1.165) is 0 Å². The summed E-state index contributed by atoms with van der Waals surface area (Å²) in [6.45, 7) is 0.577. The zero-order valence-electron chi connectivity index (χ0n) is 4.79. The van der Waals surface area contributed by atoms with Crippen molar-refractivity contribution in [2.45, 2.75) is 12.5 Å². The maximum absolute atomic E-state index is 10.3. The van der Waals surface area contributed by atoms with Crippen LogP contribution < -0.4 is 11.2 Å². The third kappa shape index (κ3) is 2.17. The lowest BCUT2D eigenvalue weighted by Crippen LogP contribution is -2.35. The van der Waals surface area contributed by atoms with E-state index in [1.807, 2.05) is 0 Å². The van der Waals surface area contributed by atoms with Crippen molar-refractivity contribution in [2.24, 2.45) is 5.73 Å². The first-order valence-corrected chi connectivity index (χ1v) is 2.47. The van der Waals surface area contributed by atoms with Gasteiger partial charge < -0.3 is 10.6 Å². The molecule has 0 aromatic rings. The Morgan fingerprint density at radius 1 is 1.78 bits per heavy atom. The molecule has 1 unspecified atom stereocenters. The van der Waals surface area contributed by atoms with Crippen LogP contribution in [0.4, 0.5) is 0 Å². The van der Waals surface area contributed by atoms with Crippen molar-refractivity contribution in [3.8, 4) is 0 Å². The van der Waals surface area contributed by atoms with Crippen molar-refractivity contribution < 1.29 is 9.63 Å². The number of carbonyl (C=O) groups is 1. The van der Waals surface area contributed by atoms with Gasteiger partial charge in [-0.05, 0) is 6.42 Å². The second kappa shape index (κ2) is 3.66. The minimum Gasteiger partial charge on any atom is -0.368 e. The summed E-state index contributed by atoms with van der Waals surface area (Å²) in [7, 11) is 0. The van der Waals surface area contributed by atoms with Crippen LogP contribution in [0, 0.1) is 0 Å². The number of hydrogen-bond donors (Lipinski definition) is 2. The number of amides is 1. The number of carbonyl (C=O) groups excluding carboxylic acids is 1. The van der Waals surface area contributed by atoms with Crippen molar-refractivity contribution in [2.75, 3.05) is 6.61 Å². The lowest BCUT2D eigenvalue weighted by Gasteiger charge is -1.98. The maximum Gasteiger partial charge on any atom is 0.236 e. The lowest BCUT2D eigenvalue weighted by atomic mass is 10.2. The van der Waals surface area contributed by atoms with E-state index in [1.54, 1.807) is 0 Å². The molecule has 4 nitrogen and oxygen atoms in total. The summed E-state index contributed by atoms with van der Waals surface area (Å²) < 4.78 is 0. The van der Waals surface area contributed by atoms with Gasteiger partial charge in [0, 0.05) is 0 Å². The fourth-order valence-corrected chi connectivity index (χ4v) is 0.596. The van der Waals surface area contributed by atoms with E-state index in [-0.39, 0.29) is 24.4 Å². The van der Waals surface area contributed by atoms with Gasteiger partial charge in [-0.3, -0.25) is 4.79 Å². The molecule has 5 heteroatoms. The summed E-state index contributed by atoms with van der Waals surface area (Å²) in [5.41, 5.74) is 7.40. The molecule has 0 aromatic carbocycles. The zero-order chi connectivity index (χ0) is 5.98. The second-order valence-electron chi connectivity index (χ2n) is 1.71. The van der Waals surface area contributed by atoms with Gasteiger partial charge in [-0.1, -0.05) is 0 Å². The van der Waals surface area contributed by atoms with Crippen LogP contribution in [-0.2, 0) is 9.63 Å². The predicted octanol–water partition coefficient (Wildman–Crippen LogP) is -0.813. The number of hydrogen-bond acceptors (Lipinski definition) is 3. The van der Waals surface area contributed by atoms with Gasteiger partial charge in [-0.25, -0.2) is 0 Å². The van der Waals surface area contributed by atoms with E-state index >= 15 is 0 Å². The van der Waals surface area contributed by atoms with Crippen LogP contribution in [0.5, 0.6) is 0 Å². The van der Waals surface area contributed by atoms with Gasteiger partial charge in [0.15, 0.2) is 0 Å². The number of rotatable bonds is 1. The SMILES string of the molecule is Cl.NC(=O)C1CCON1. The minimum atomic E-state index is -0.345. The average molecular weight is 153 g/mol. The standard InChI is InChI=1S/C4H8N2O2.ClH/c5-4(7)3-1-2-8-6-3;/h3,6H,1-2H2,(H2,5,7);1H. The molecular weight excluding hydrogens is 144 g/mol. The lowest BCUT2D eigenvalue weighted by molar-refractivity contribution is -0.121. The van der Waals surface area contributed by atoms with Gasteiger partial charge in [0.2, 0.25) is 5.91 Å². The van der Waals surface area contributed by atoms with Crippen LogP contribution in [0.15, 0.2) is 0 Å². The molecule has 0 aromatic heterocycles. The van der Waals surface area contributed by atoms with Gasteiger partial charge in [0.25, 0.3) is 0 Å². The van der Waals surface area contributed by atoms with Crippen LogP contribution >= 0.6 is 12.4 Å². The molecule has 54 valence electrons. The van der Waals surface area contributed by atoms with Crippen molar-refractivity contribution in [3.63, 3.8) is 0 Å². The molecule has 0 radical (unpaired) electrons. The Kier molecular flexibility index (Phi) is 3.53. The van der Waals surface area contributed by atoms with Crippen LogP contribution in [0.25, 0.3) is 0 Å². The number of hydroxylamine groups is 1. The average Bonchev–Trinajstić information content (AvgIpc) is 2.12. The molecule has 1 aliphatic rings. The summed E-state index contributed by atoms with van der Waals surface area (Å²) >= 11 is 0. The van der Waals surface area contributed by atoms with Crippen LogP contribution in [0.3, 0.4) is 0 Å². The quantitative estimate of drug-likeness (QED) is 0.517. The molecule has 1 saturated heterocycles. The highest BCUT2D eigenvalue weighted by Gasteiger charge is 2.19. The van der Waals surface area contributed by atoms with E-state index in [4.69, 9.17) is 5.73 Å². The molecule has 1 heterocycles. The van der Waals surface area contributed by atoms with Gasteiger partial charge in [-0.15, -0.1) is 12.4 Å². The van der Waals surface area contributed by atoms with E-state index in [0.29, 0.717) is 13.0 Å². The van der Waals surface area contributed by atoms with Crippen molar-refractivity contribution in [3.05, 3.63) is 0 Å². The molecule has 3 N–H and O–H groups in total. The highest BCUT2D eigenvalue weighted by atomic mass is 35.5.